The molecule has 0 unspecified atom stereocenters. The standard InChI is InChI=1S/C16H15BrN2O2/c1-11-5-6-14(8-15(11)17)18-16(21)10-19-7-3-4-13(9-19)12(2)20/h3-9H,10H2,1-2H3/p+1. The van der Waals surface area contributed by atoms with E-state index < -0.39 is 0 Å². The third-order valence-corrected chi connectivity index (χ3v) is 3.90. The van der Waals surface area contributed by atoms with Crippen LogP contribution in [0, 0.1) is 6.92 Å². The van der Waals surface area contributed by atoms with Gasteiger partial charge in [-0.3, -0.25) is 9.59 Å². The lowest BCUT2D eigenvalue weighted by atomic mass is 10.2. The van der Waals surface area contributed by atoms with E-state index in [9.17, 15) is 9.59 Å². The van der Waals surface area contributed by atoms with Crippen molar-refractivity contribution in [2.45, 2.75) is 20.4 Å². The Labute approximate surface area is 131 Å². The number of aryl methyl sites for hydroxylation is 1. The number of carbonyl (C=O) groups is 2. The van der Waals surface area contributed by atoms with Gasteiger partial charge < -0.3 is 5.32 Å². The Balaban J connectivity index is 2.06. The molecule has 0 saturated heterocycles. The summed E-state index contributed by atoms with van der Waals surface area (Å²) in [6.45, 7) is 3.65. The Kier molecular flexibility index (Phi) is 4.85. The number of benzene rings is 1. The maximum absolute atomic E-state index is 12.0. The van der Waals surface area contributed by atoms with E-state index in [1.54, 1.807) is 29.1 Å². The average molecular weight is 348 g/mol. The van der Waals surface area contributed by atoms with Gasteiger partial charge in [0.05, 0.1) is 5.56 Å². The summed E-state index contributed by atoms with van der Waals surface area (Å²) in [5.74, 6) is -0.163. The van der Waals surface area contributed by atoms with Crippen LogP contribution in [0.3, 0.4) is 0 Å². The number of amides is 1. The van der Waals surface area contributed by atoms with Crippen molar-refractivity contribution in [2.75, 3.05) is 5.32 Å². The summed E-state index contributed by atoms with van der Waals surface area (Å²) in [7, 11) is 0. The van der Waals surface area contributed by atoms with E-state index in [0.717, 1.165) is 15.7 Å². The topological polar surface area (TPSA) is 50.0 Å². The smallest absolute Gasteiger partial charge is 0.290 e. The van der Waals surface area contributed by atoms with E-state index in [0.29, 0.717) is 5.56 Å². The first-order chi connectivity index (χ1) is 9.95. The molecule has 1 aromatic carbocycles. The summed E-state index contributed by atoms with van der Waals surface area (Å²) in [6.07, 6.45) is 3.43. The number of nitrogens with one attached hydrogen (secondary N) is 1. The van der Waals surface area contributed by atoms with E-state index in [-0.39, 0.29) is 18.2 Å². The molecule has 2 rings (SSSR count). The second-order valence-electron chi connectivity index (χ2n) is 4.83. The molecule has 0 aliphatic carbocycles. The van der Waals surface area contributed by atoms with Crippen LogP contribution in [0.15, 0.2) is 47.2 Å². The summed E-state index contributed by atoms with van der Waals surface area (Å²) in [5, 5.41) is 2.83. The highest BCUT2D eigenvalue weighted by Crippen LogP contribution is 2.20. The van der Waals surface area contributed by atoms with E-state index in [2.05, 4.69) is 21.2 Å². The Morgan fingerprint density at radius 1 is 1.29 bits per heavy atom. The number of ketones is 1. The number of hydrogen-bond acceptors (Lipinski definition) is 2. The van der Waals surface area contributed by atoms with Gasteiger partial charge in [0, 0.05) is 16.2 Å². The Bertz CT molecular complexity index is 698. The third kappa shape index (κ3) is 4.23. The maximum Gasteiger partial charge on any atom is 0.290 e. The second kappa shape index (κ2) is 6.63. The number of carbonyl (C=O) groups excluding carboxylic acids is 2. The fraction of sp³-hybridized carbons (Fsp3) is 0.188. The molecule has 0 bridgehead atoms. The second-order valence-corrected chi connectivity index (χ2v) is 5.69. The molecule has 0 radical (unpaired) electrons. The fourth-order valence-electron chi connectivity index (χ4n) is 1.87. The van der Waals surface area contributed by atoms with Gasteiger partial charge in [0.1, 0.15) is 0 Å². The van der Waals surface area contributed by atoms with Crippen molar-refractivity contribution < 1.29 is 14.2 Å². The molecular weight excluding hydrogens is 332 g/mol. The number of halogens is 1. The molecule has 108 valence electrons. The van der Waals surface area contributed by atoms with Gasteiger partial charge in [0.2, 0.25) is 6.54 Å². The minimum Gasteiger partial charge on any atom is -0.321 e. The number of Topliss-reactive ketones (excluding diaryl/α,β-unsaturated/α-hetero) is 1. The number of pyridine rings is 1. The number of anilines is 1. The molecule has 5 heteroatoms. The average Bonchev–Trinajstić information content (AvgIpc) is 2.43. The van der Waals surface area contributed by atoms with Crippen LogP contribution in [0.4, 0.5) is 5.69 Å². The molecule has 0 fully saturated rings. The summed E-state index contributed by atoms with van der Waals surface area (Å²) < 4.78 is 2.64. The molecule has 1 heterocycles. The normalized spacial score (nSPS) is 10.2. The van der Waals surface area contributed by atoms with Crippen molar-refractivity contribution in [1.82, 2.24) is 0 Å². The van der Waals surface area contributed by atoms with Gasteiger partial charge in [-0.1, -0.05) is 22.0 Å². The van der Waals surface area contributed by atoms with Crippen LogP contribution in [-0.4, -0.2) is 11.7 Å². The highest BCUT2D eigenvalue weighted by molar-refractivity contribution is 9.10. The molecule has 1 aromatic heterocycles. The molecular formula is C16H16BrN2O2+. The zero-order valence-electron chi connectivity index (χ0n) is 11.9. The number of rotatable bonds is 4. The first kappa shape index (κ1) is 15.4. The zero-order chi connectivity index (χ0) is 15.4. The minimum atomic E-state index is -0.142. The third-order valence-electron chi connectivity index (χ3n) is 3.05. The highest BCUT2D eigenvalue weighted by atomic mass is 79.9. The van der Waals surface area contributed by atoms with Gasteiger partial charge in [-0.25, -0.2) is 0 Å². The molecule has 0 saturated carbocycles. The molecule has 0 spiro atoms. The van der Waals surface area contributed by atoms with Crippen LogP contribution in [0.1, 0.15) is 22.8 Å². The summed E-state index contributed by atoms with van der Waals surface area (Å²) >= 11 is 3.43. The molecule has 0 atom stereocenters. The molecule has 0 aliphatic heterocycles. The molecule has 4 nitrogen and oxygen atoms in total. The molecule has 2 aromatic rings. The minimum absolute atomic E-state index is 0.0211. The van der Waals surface area contributed by atoms with E-state index >= 15 is 0 Å². The van der Waals surface area contributed by atoms with Crippen LogP contribution >= 0.6 is 15.9 Å². The molecule has 21 heavy (non-hydrogen) atoms. The fourth-order valence-corrected chi connectivity index (χ4v) is 2.24. The molecule has 1 amide bonds. The maximum atomic E-state index is 12.0. The van der Waals surface area contributed by atoms with Gasteiger partial charge in [0.25, 0.3) is 5.91 Å². The number of aromatic nitrogens is 1. The van der Waals surface area contributed by atoms with E-state index in [1.165, 1.54) is 6.92 Å². The largest absolute Gasteiger partial charge is 0.321 e. The van der Waals surface area contributed by atoms with E-state index in [4.69, 9.17) is 0 Å². The van der Waals surface area contributed by atoms with Crippen molar-refractivity contribution in [3.63, 3.8) is 0 Å². The van der Waals surface area contributed by atoms with Crippen molar-refractivity contribution >= 4 is 33.3 Å². The summed E-state index contributed by atoms with van der Waals surface area (Å²) in [6, 6.07) is 9.14. The SMILES string of the molecule is CC(=O)c1ccc[n+](CC(=O)Nc2ccc(C)c(Br)c2)c1. The van der Waals surface area contributed by atoms with Crippen LogP contribution in [0.25, 0.3) is 0 Å². The van der Waals surface area contributed by atoms with E-state index in [1.807, 2.05) is 25.1 Å². The lowest BCUT2D eigenvalue weighted by molar-refractivity contribution is -0.684. The lowest BCUT2D eigenvalue weighted by Crippen LogP contribution is -2.40. The predicted octanol–water partition coefficient (Wildman–Crippen LogP) is 2.89. The quantitative estimate of drug-likeness (QED) is 0.682. The predicted molar refractivity (Wildman–Crippen MR) is 84.2 cm³/mol. The lowest BCUT2D eigenvalue weighted by Gasteiger charge is -2.05. The summed E-state index contributed by atoms with van der Waals surface area (Å²) in [4.78, 5) is 23.4. The van der Waals surface area contributed by atoms with Gasteiger partial charge in [-0.05, 0) is 37.6 Å². The van der Waals surface area contributed by atoms with Crippen LogP contribution in [0.2, 0.25) is 0 Å². The molecule has 0 aliphatic rings. The molecule has 1 N–H and O–H groups in total. The van der Waals surface area contributed by atoms with Crippen molar-refractivity contribution in [3.8, 4) is 0 Å². The first-order valence-electron chi connectivity index (χ1n) is 6.52. The van der Waals surface area contributed by atoms with Crippen LogP contribution in [0.5, 0.6) is 0 Å². The van der Waals surface area contributed by atoms with Gasteiger partial charge >= 0.3 is 0 Å². The Morgan fingerprint density at radius 2 is 2.05 bits per heavy atom. The van der Waals surface area contributed by atoms with Crippen LogP contribution in [-0.2, 0) is 11.3 Å². The number of nitrogens with zero attached hydrogens (tertiary/aromatic N) is 1. The highest BCUT2D eigenvalue weighted by Gasteiger charge is 2.12. The van der Waals surface area contributed by atoms with Crippen molar-refractivity contribution in [2.24, 2.45) is 0 Å². The first-order valence-corrected chi connectivity index (χ1v) is 7.31. The Hall–Kier alpha value is -2.01. The zero-order valence-corrected chi connectivity index (χ0v) is 13.5. The Morgan fingerprint density at radius 3 is 2.71 bits per heavy atom. The van der Waals surface area contributed by atoms with Gasteiger partial charge in [-0.2, -0.15) is 4.57 Å². The van der Waals surface area contributed by atoms with Crippen LogP contribution < -0.4 is 9.88 Å². The van der Waals surface area contributed by atoms with Gasteiger partial charge in [-0.15, -0.1) is 0 Å². The number of hydrogen-bond donors (Lipinski definition) is 1. The van der Waals surface area contributed by atoms with Crippen molar-refractivity contribution in [1.29, 1.82) is 0 Å². The summed E-state index contributed by atoms with van der Waals surface area (Å²) in [5.41, 5.74) is 2.43. The monoisotopic (exact) mass is 347 g/mol. The van der Waals surface area contributed by atoms with Gasteiger partial charge in [0.15, 0.2) is 18.2 Å². The van der Waals surface area contributed by atoms with Crippen molar-refractivity contribution in [3.05, 3.63) is 58.3 Å².